The lowest BCUT2D eigenvalue weighted by Gasteiger charge is -2.25. The Labute approximate surface area is 207 Å². The molecule has 2 aromatic rings. The van der Waals surface area contributed by atoms with Gasteiger partial charge in [-0.3, -0.25) is 0 Å². The van der Waals surface area contributed by atoms with Gasteiger partial charge < -0.3 is 0 Å². The van der Waals surface area contributed by atoms with E-state index in [2.05, 4.69) is 77.3 Å². The van der Waals surface area contributed by atoms with E-state index in [1.807, 2.05) is 0 Å². The molecule has 178 valence electrons. The molecule has 0 nitrogen and oxygen atoms in total. The van der Waals surface area contributed by atoms with Crippen LogP contribution in [-0.2, 0) is 12.8 Å². The number of fused-ring (bicyclic) bond motifs is 1. The third kappa shape index (κ3) is 4.26. The molecule has 2 aromatic carbocycles. The van der Waals surface area contributed by atoms with Gasteiger partial charge in [0.05, 0.1) is 0 Å². The van der Waals surface area contributed by atoms with Crippen LogP contribution >= 0.6 is 0 Å². The minimum atomic E-state index is 0.442. The Morgan fingerprint density at radius 3 is 2.26 bits per heavy atom. The highest BCUT2D eigenvalue weighted by Crippen LogP contribution is 2.48. The highest BCUT2D eigenvalue weighted by molar-refractivity contribution is 5.80. The van der Waals surface area contributed by atoms with Crippen LogP contribution in [0.5, 0.6) is 0 Å². The van der Waals surface area contributed by atoms with Crippen molar-refractivity contribution >= 4 is 6.08 Å². The van der Waals surface area contributed by atoms with Gasteiger partial charge in [0.1, 0.15) is 0 Å². The molecule has 3 aliphatic rings. The summed E-state index contributed by atoms with van der Waals surface area (Å²) in [6.07, 6.45) is 12.9. The zero-order valence-electron chi connectivity index (χ0n) is 21.8. The highest BCUT2D eigenvalue weighted by Gasteiger charge is 2.36. The maximum atomic E-state index is 4.47. The summed E-state index contributed by atoms with van der Waals surface area (Å²) in [4.78, 5) is 0. The zero-order chi connectivity index (χ0) is 24.0. The maximum absolute atomic E-state index is 4.47. The first kappa shape index (κ1) is 23.4. The summed E-state index contributed by atoms with van der Waals surface area (Å²) >= 11 is 0. The minimum absolute atomic E-state index is 0.442. The molecule has 0 radical (unpaired) electrons. The molecule has 3 aliphatic carbocycles. The lowest BCUT2D eigenvalue weighted by Crippen LogP contribution is -2.11. The van der Waals surface area contributed by atoms with Gasteiger partial charge >= 0.3 is 0 Å². The first-order chi connectivity index (χ1) is 16.3. The second-order valence-corrected chi connectivity index (χ2v) is 11.7. The molecule has 34 heavy (non-hydrogen) atoms. The lowest BCUT2D eigenvalue weighted by molar-refractivity contribution is 0.356. The van der Waals surface area contributed by atoms with Crippen LogP contribution < -0.4 is 0 Å². The summed E-state index contributed by atoms with van der Waals surface area (Å²) in [6.45, 7) is 18.2. The summed E-state index contributed by atoms with van der Waals surface area (Å²) in [5.41, 5.74) is 14.7. The SMILES string of the molecule is C=C1C(CC2=Cc3cccc(-c4cc(C)cc(C)c4CC4CCCCC4)c3C2)C(=C)C(C)C1C. The number of hydrogen-bond donors (Lipinski definition) is 0. The molecule has 0 spiro atoms. The Bertz CT molecular complexity index is 1130. The Kier molecular flexibility index (Phi) is 6.45. The monoisotopic (exact) mass is 450 g/mol. The largest absolute Gasteiger partial charge is 0.0990 e. The van der Waals surface area contributed by atoms with Crippen LogP contribution in [0.1, 0.15) is 80.2 Å². The number of hydrogen-bond acceptors (Lipinski definition) is 0. The normalized spacial score (nSPS) is 25.1. The van der Waals surface area contributed by atoms with Gasteiger partial charge in [-0.25, -0.2) is 0 Å². The standard InChI is InChI=1S/C34H42/c1-21-15-22(2)31(18-27-11-8-7-9-12-27)34(16-21)30-14-10-13-29-17-28(20-33(29)30)19-32-25(5)23(3)24(4)26(32)6/h10,13-17,23-24,27,32H,5-9,11-12,18-20H2,1-4H3. The van der Waals surface area contributed by atoms with Crippen molar-refractivity contribution in [3.8, 4) is 11.1 Å². The predicted octanol–water partition coefficient (Wildman–Crippen LogP) is 9.44. The Morgan fingerprint density at radius 2 is 1.56 bits per heavy atom. The quantitative estimate of drug-likeness (QED) is 0.398. The van der Waals surface area contributed by atoms with E-state index >= 15 is 0 Å². The molecule has 2 unspecified atom stereocenters. The van der Waals surface area contributed by atoms with Crippen LogP contribution in [-0.4, -0.2) is 0 Å². The van der Waals surface area contributed by atoms with Crippen LogP contribution in [0.4, 0.5) is 0 Å². The molecule has 0 saturated heterocycles. The molecule has 0 aliphatic heterocycles. The van der Waals surface area contributed by atoms with E-state index in [-0.39, 0.29) is 0 Å². The molecule has 2 saturated carbocycles. The van der Waals surface area contributed by atoms with Gasteiger partial charge in [-0.2, -0.15) is 0 Å². The van der Waals surface area contributed by atoms with Crippen LogP contribution in [0.25, 0.3) is 17.2 Å². The maximum Gasteiger partial charge on any atom is 0.00447 e. The van der Waals surface area contributed by atoms with Gasteiger partial charge in [0.2, 0.25) is 0 Å². The van der Waals surface area contributed by atoms with E-state index in [4.69, 9.17) is 0 Å². The lowest BCUT2D eigenvalue weighted by atomic mass is 9.80. The number of benzene rings is 2. The van der Waals surface area contributed by atoms with Crippen molar-refractivity contribution in [3.63, 3.8) is 0 Å². The Morgan fingerprint density at radius 1 is 0.853 bits per heavy atom. The fourth-order valence-corrected chi connectivity index (χ4v) is 7.05. The van der Waals surface area contributed by atoms with Gasteiger partial charge in [-0.05, 0) is 84.2 Å². The minimum Gasteiger partial charge on any atom is -0.0990 e. The van der Waals surface area contributed by atoms with E-state index in [1.54, 1.807) is 11.1 Å². The number of allylic oxidation sites excluding steroid dienone is 3. The summed E-state index contributed by atoms with van der Waals surface area (Å²) in [5.74, 6) is 2.39. The first-order valence-electron chi connectivity index (χ1n) is 13.6. The van der Waals surface area contributed by atoms with Crippen LogP contribution in [0, 0.1) is 37.5 Å². The van der Waals surface area contributed by atoms with Gasteiger partial charge in [0.15, 0.2) is 0 Å². The van der Waals surface area contributed by atoms with E-state index in [1.165, 1.54) is 83.1 Å². The number of rotatable bonds is 5. The van der Waals surface area contributed by atoms with Gasteiger partial charge in [-0.15, -0.1) is 0 Å². The average molecular weight is 451 g/mol. The number of aryl methyl sites for hydroxylation is 2. The second kappa shape index (κ2) is 9.37. The summed E-state index contributed by atoms with van der Waals surface area (Å²) in [7, 11) is 0. The van der Waals surface area contributed by atoms with Crippen LogP contribution in [0.15, 0.2) is 60.2 Å². The summed E-state index contributed by atoms with van der Waals surface area (Å²) in [6, 6.07) is 11.8. The van der Waals surface area contributed by atoms with Crippen molar-refractivity contribution in [2.45, 2.75) is 79.1 Å². The van der Waals surface area contributed by atoms with Crippen molar-refractivity contribution in [2.75, 3.05) is 0 Å². The van der Waals surface area contributed by atoms with Gasteiger partial charge in [0.25, 0.3) is 0 Å². The van der Waals surface area contributed by atoms with Crippen molar-refractivity contribution in [1.29, 1.82) is 0 Å². The average Bonchev–Trinajstić information content (AvgIpc) is 3.32. The fraction of sp³-hybridized carbons (Fsp3) is 0.471. The van der Waals surface area contributed by atoms with Crippen molar-refractivity contribution in [1.82, 2.24) is 0 Å². The molecular weight excluding hydrogens is 408 g/mol. The highest BCUT2D eigenvalue weighted by atomic mass is 14.4. The van der Waals surface area contributed by atoms with E-state index in [0.29, 0.717) is 17.8 Å². The van der Waals surface area contributed by atoms with E-state index < -0.39 is 0 Å². The predicted molar refractivity (Wildman–Crippen MR) is 148 cm³/mol. The van der Waals surface area contributed by atoms with Crippen LogP contribution in [0.3, 0.4) is 0 Å². The molecule has 5 rings (SSSR count). The van der Waals surface area contributed by atoms with Crippen LogP contribution in [0.2, 0.25) is 0 Å². The van der Waals surface area contributed by atoms with Crippen molar-refractivity contribution < 1.29 is 0 Å². The third-order valence-corrected chi connectivity index (χ3v) is 9.38. The van der Waals surface area contributed by atoms with Gasteiger partial charge in [-0.1, -0.05) is 118 Å². The molecule has 0 aromatic heterocycles. The molecule has 2 atom stereocenters. The third-order valence-electron chi connectivity index (χ3n) is 9.38. The Hall–Kier alpha value is -2.34. The molecule has 2 fully saturated rings. The molecule has 0 heterocycles. The van der Waals surface area contributed by atoms with Gasteiger partial charge in [0, 0.05) is 5.92 Å². The topological polar surface area (TPSA) is 0 Å². The molecular formula is C34H42. The van der Waals surface area contributed by atoms with Crippen molar-refractivity contribution in [3.05, 3.63) is 88.0 Å². The molecule has 0 N–H and O–H groups in total. The van der Waals surface area contributed by atoms with E-state index in [0.717, 1.165) is 18.8 Å². The fourth-order valence-electron chi connectivity index (χ4n) is 7.05. The molecule has 0 amide bonds. The molecule has 0 heteroatoms. The molecule has 0 bridgehead atoms. The van der Waals surface area contributed by atoms with E-state index in [9.17, 15) is 0 Å². The zero-order valence-corrected chi connectivity index (χ0v) is 21.8. The smallest absolute Gasteiger partial charge is 0.00447 e. The van der Waals surface area contributed by atoms with Crippen molar-refractivity contribution in [2.24, 2.45) is 23.7 Å². The summed E-state index contributed by atoms with van der Waals surface area (Å²) in [5, 5.41) is 0. The second-order valence-electron chi connectivity index (χ2n) is 11.7. The Balaban J connectivity index is 1.45. The first-order valence-corrected chi connectivity index (χ1v) is 13.6. The summed E-state index contributed by atoms with van der Waals surface area (Å²) < 4.78 is 0.